The Morgan fingerprint density at radius 1 is 1.08 bits per heavy atom. The standard InChI is InChI=1S/C11H11N/c1-8-3-2-4-9-5-6-10(12)7-11(8)9/h2-7H,12H2,1H3. The van der Waals surface area contributed by atoms with Crippen molar-refractivity contribution in [2.45, 2.75) is 6.92 Å². The number of anilines is 1. The number of benzene rings is 2. The molecule has 0 saturated carbocycles. The van der Waals surface area contributed by atoms with Crippen molar-refractivity contribution in [2.75, 3.05) is 5.73 Å². The quantitative estimate of drug-likeness (QED) is 0.584. The number of hydrogen-bond donors (Lipinski definition) is 1. The topological polar surface area (TPSA) is 26.0 Å². The fourth-order valence-corrected chi connectivity index (χ4v) is 1.45. The molecular weight excluding hydrogens is 146 g/mol. The van der Waals surface area contributed by atoms with Crippen LogP contribution in [0.3, 0.4) is 0 Å². The molecule has 0 atom stereocenters. The lowest BCUT2D eigenvalue weighted by molar-refractivity contribution is 1.53. The molecule has 0 radical (unpaired) electrons. The summed E-state index contributed by atoms with van der Waals surface area (Å²) in [6, 6.07) is 12.3. The first-order valence-corrected chi connectivity index (χ1v) is 4.02. The molecule has 0 fully saturated rings. The SMILES string of the molecule is Cc1cccc2ccc(N)cc12. The minimum Gasteiger partial charge on any atom is -0.399 e. The second-order valence-corrected chi connectivity index (χ2v) is 3.06. The van der Waals surface area contributed by atoms with E-state index in [0.29, 0.717) is 0 Å². The zero-order valence-electron chi connectivity index (χ0n) is 7.04. The van der Waals surface area contributed by atoms with Crippen molar-refractivity contribution in [3.8, 4) is 0 Å². The maximum Gasteiger partial charge on any atom is 0.0320 e. The number of rotatable bonds is 0. The van der Waals surface area contributed by atoms with Gasteiger partial charge in [0, 0.05) is 5.69 Å². The van der Waals surface area contributed by atoms with Crippen molar-refractivity contribution in [1.82, 2.24) is 0 Å². The van der Waals surface area contributed by atoms with Gasteiger partial charge in [0.25, 0.3) is 0 Å². The van der Waals surface area contributed by atoms with Crippen LogP contribution in [-0.4, -0.2) is 0 Å². The van der Waals surface area contributed by atoms with Gasteiger partial charge in [-0.1, -0.05) is 24.3 Å². The fraction of sp³-hybridized carbons (Fsp3) is 0.0909. The predicted octanol–water partition coefficient (Wildman–Crippen LogP) is 2.73. The van der Waals surface area contributed by atoms with Crippen LogP contribution in [-0.2, 0) is 0 Å². The Balaban J connectivity index is 2.88. The van der Waals surface area contributed by atoms with E-state index in [2.05, 4.69) is 31.2 Å². The molecule has 1 nitrogen and oxygen atoms in total. The minimum absolute atomic E-state index is 0.830. The fourth-order valence-electron chi connectivity index (χ4n) is 1.45. The molecule has 0 aromatic heterocycles. The molecule has 0 amide bonds. The summed E-state index contributed by atoms with van der Waals surface area (Å²) in [5.41, 5.74) is 7.80. The van der Waals surface area contributed by atoms with Gasteiger partial charge in [-0.3, -0.25) is 0 Å². The molecule has 2 N–H and O–H groups in total. The summed E-state index contributed by atoms with van der Waals surface area (Å²) in [5, 5.41) is 2.50. The zero-order valence-corrected chi connectivity index (χ0v) is 7.04. The number of nitrogen functional groups attached to an aromatic ring is 1. The van der Waals surface area contributed by atoms with E-state index in [1.165, 1.54) is 16.3 Å². The first kappa shape index (κ1) is 7.17. The van der Waals surface area contributed by atoms with Gasteiger partial charge < -0.3 is 5.73 Å². The molecule has 2 aromatic rings. The lowest BCUT2D eigenvalue weighted by Gasteiger charge is -2.01. The second kappa shape index (κ2) is 2.52. The summed E-state index contributed by atoms with van der Waals surface area (Å²) >= 11 is 0. The summed E-state index contributed by atoms with van der Waals surface area (Å²) < 4.78 is 0. The molecule has 2 aromatic carbocycles. The summed E-state index contributed by atoms with van der Waals surface area (Å²) in [4.78, 5) is 0. The van der Waals surface area contributed by atoms with E-state index >= 15 is 0 Å². The first-order valence-electron chi connectivity index (χ1n) is 4.02. The third-order valence-electron chi connectivity index (χ3n) is 2.12. The Hall–Kier alpha value is -1.50. The highest BCUT2D eigenvalue weighted by Gasteiger charge is 1.95. The normalized spacial score (nSPS) is 10.4. The van der Waals surface area contributed by atoms with Gasteiger partial charge in [0.2, 0.25) is 0 Å². The molecule has 0 unspecified atom stereocenters. The van der Waals surface area contributed by atoms with Crippen LogP contribution in [0.4, 0.5) is 5.69 Å². The van der Waals surface area contributed by atoms with Crippen molar-refractivity contribution in [2.24, 2.45) is 0 Å². The van der Waals surface area contributed by atoms with Crippen LogP contribution in [0.2, 0.25) is 0 Å². The van der Waals surface area contributed by atoms with Crippen LogP contribution in [0.25, 0.3) is 10.8 Å². The minimum atomic E-state index is 0.830. The molecular formula is C11H11N. The molecule has 2 rings (SSSR count). The lowest BCUT2D eigenvalue weighted by Crippen LogP contribution is -1.84. The van der Waals surface area contributed by atoms with Gasteiger partial charge in [-0.05, 0) is 35.4 Å². The number of hydrogen-bond acceptors (Lipinski definition) is 1. The van der Waals surface area contributed by atoms with E-state index in [1.54, 1.807) is 0 Å². The van der Waals surface area contributed by atoms with E-state index < -0.39 is 0 Å². The van der Waals surface area contributed by atoms with Gasteiger partial charge in [-0.15, -0.1) is 0 Å². The highest BCUT2D eigenvalue weighted by molar-refractivity contribution is 5.88. The van der Waals surface area contributed by atoms with E-state index in [4.69, 9.17) is 5.73 Å². The largest absolute Gasteiger partial charge is 0.399 e. The van der Waals surface area contributed by atoms with Gasteiger partial charge in [-0.2, -0.15) is 0 Å². The van der Waals surface area contributed by atoms with E-state index in [0.717, 1.165) is 5.69 Å². The number of nitrogens with two attached hydrogens (primary N) is 1. The van der Waals surface area contributed by atoms with Crippen molar-refractivity contribution in [3.63, 3.8) is 0 Å². The Bertz CT molecular complexity index is 418. The van der Waals surface area contributed by atoms with Crippen molar-refractivity contribution < 1.29 is 0 Å². The number of fused-ring (bicyclic) bond motifs is 1. The average Bonchev–Trinajstić information content (AvgIpc) is 2.07. The lowest BCUT2D eigenvalue weighted by atomic mass is 10.1. The van der Waals surface area contributed by atoms with Crippen LogP contribution in [0.1, 0.15) is 5.56 Å². The van der Waals surface area contributed by atoms with E-state index in [9.17, 15) is 0 Å². The monoisotopic (exact) mass is 157 g/mol. The molecule has 1 heteroatoms. The average molecular weight is 157 g/mol. The van der Waals surface area contributed by atoms with Gasteiger partial charge in [0.05, 0.1) is 0 Å². The summed E-state index contributed by atoms with van der Waals surface area (Å²) in [7, 11) is 0. The summed E-state index contributed by atoms with van der Waals surface area (Å²) in [6.07, 6.45) is 0. The molecule has 0 aliphatic heterocycles. The van der Waals surface area contributed by atoms with Crippen LogP contribution >= 0.6 is 0 Å². The molecule has 60 valence electrons. The van der Waals surface area contributed by atoms with Crippen LogP contribution in [0, 0.1) is 6.92 Å². The number of aryl methyl sites for hydroxylation is 1. The predicted molar refractivity (Wildman–Crippen MR) is 53.1 cm³/mol. The van der Waals surface area contributed by atoms with Gasteiger partial charge in [-0.25, -0.2) is 0 Å². The van der Waals surface area contributed by atoms with Crippen molar-refractivity contribution >= 4 is 16.5 Å². The molecule has 0 spiro atoms. The smallest absolute Gasteiger partial charge is 0.0320 e. The Morgan fingerprint density at radius 2 is 1.92 bits per heavy atom. The maximum atomic E-state index is 5.69. The summed E-state index contributed by atoms with van der Waals surface area (Å²) in [6.45, 7) is 2.10. The van der Waals surface area contributed by atoms with Gasteiger partial charge >= 0.3 is 0 Å². The summed E-state index contributed by atoms with van der Waals surface area (Å²) in [5.74, 6) is 0. The molecule has 0 bridgehead atoms. The Kier molecular flexibility index (Phi) is 1.51. The van der Waals surface area contributed by atoms with E-state index in [-0.39, 0.29) is 0 Å². The van der Waals surface area contributed by atoms with E-state index in [1.807, 2.05) is 12.1 Å². The van der Waals surface area contributed by atoms with Crippen LogP contribution in [0.5, 0.6) is 0 Å². The maximum absolute atomic E-state index is 5.69. The van der Waals surface area contributed by atoms with Crippen molar-refractivity contribution in [1.29, 1.82) is 0 Å². The molecule has 0 saturated heterocycles. The second-order valence-electron chi connectivity index (χ2n) is 3.06. The van der Waals surface area contributed by atoms with Crippen LogP contribution < -0.4 is 5.73 Å². The molecule has 12 heavy (non-hydrogen) atoms. The third-order valence-corrected chi connectivity index (χ3v) is 2.12. The Labute approximate surface area is 71.8 Å². The van der Waals surface area contributed by atoms with Gasteiger partial charge in [0.15, 0.2) is 0 Å². The molecule has 0 heterocycles. The zero-order chi connectivity index (χ0) is 8.55. The van der Waals surface area contributed by atoms with Crippen LogP contribution in [0.15, 0.2) is 36.4 Å². The highest BCUT2D eigenvalue weighted by atomic mass is 14.5. The van der Waals surface area contributed by atoms with Gasteiger partial charge in [0.1, 0.15) is 0 Å². The molecule has 0 aliphatic carbocycles. The third kappa shape index (κ3) is 1.03. The van der Waals surface area contributed by atoms with Crippen molar-refractivity contribution in [3.05, 3.63) is 42.0 Å². The highest BCUT2D eigenvalue weighted by Crippen LogP contribution is 2.20. The Morgan fingerprint density at radius 3 is 2.75 bits per heavy atom. The molecule has 0 aliphatic rings. The first-order chi connectivity index (χ1) is 5.77.